The third kappa shape index (κ3) is 4.22. The molecule has 2 unspecified atom stereocenters. The lowest BCUT2D eigenvalue weighted by atomic mass is 10.2. The Kier molecular flexibility index (Phi) is 5.48. The largest absolute Gasteiger partial charge is 0.485 e. The summed E-state index contributed by atoms with van der Waals surface area (Å²) in [6.07, 6.45) is 0.655. The van der Waals surface area contributed by atoms with Gasteiger partial charge in [0.1, 0.15) is 6.61 Å². The molecule has 0 radical (unpaired) electrons. The summed E-state index contributed by atoms with van der Waals surface area (Å²) >= 11 is 0. The number of para-hydroxylation sites is 4. The van der Waals surface area contributed by atoms with E-state index in [0.717, 1.165) is 24.1 Å². The van der Waals surface area contributed by atoms with Gasteiger partial charge in [-0.05, 0) is 24.3 Å². The molecule has 3 heterocycles. The molecule has 1 saturated heterocycles. The number of carbonyl (C=O) groups excluding carboxylic acids is 1. The topological polar surface area (TPSA) is 80.1 Å². The molecule has 2 aromatic carbocycles. The van der Waals surface area contributed by atoms with Crippen molar-refractivity contribution in [2.24, 2.45) is 0 Å². The van der Waals surface area contributed by atoms with Gasteiger partial charge < -0.3 is 24.0 Å². The van der Waals surface area contributed by atoms with Gasteiger partial charge in [-0.2, -0.15) is 0 Å². The third-order valence-electron chi connectivity index (χ3n) is 5.87. The predicted molar refractivity (Wildman–Crippen MR) is 115 cm³/mol. The fourth-order valence-electron chi connectivity index (χ4n) is 4.23. The highest BCUT2D eigenvalue weighted by molar-refractivity contribution is 5.82. The van der Waals surface area contributed by atoms with E-state index in [1.165, 1.54) is 0 Å². The number of hydrogen-bond acceptors (Lipinski definition) is 6. The summed E-state index contributed by atoms with van der Waals surface area (Å²) in [6.45, 7) is 3.95. The van der Waals surface area contributed by atoms with E-state index in [2.05, 4.69) is 9.88 Å². The Hall–Kier alpha value is -3.10. The zero-order valence-electron chi connectivity index (χ0n) is 17.3. The van der Waals surface area contributed by atoms with Crippen LogP contribution in [0.15, 0.2) is 54.9 Å². The molecular formula is C23H26N4O4. The molecule has 1 amide bonds. The molecule has 5 rings (SSSR count). The number of imidazole rings is 1. The predicted octanol–water partition coefficient (Wildman–Crippen LogP) is 1.38. The molecule has 0 bridgehead atoms. The molecule has 0 spiro atoms. The third-order valence-corrected chi connectivity index (χ3v) is 5.87. The number of aliphatic hydroxyl groups is 1. The van der Waals surface area contributed by atoms with Crippen molar-refractivity contribution in [3.63, 3.8) is 0 Å². The lowest BCUT2D eigenvalue weighted by molar-refractivity contribution is -0.143. The number of amides is 1. The molecule has 162 valence electrons. The van der Waals surface area contributed by atoms with Gasteiger partial charge in [0.2, 0.25) is 6.10 Å². The Bertz CT molecular complexity index is 1060. The quantitative estimate of drug-likeness (QED) is 0.669. The number of ether oxygens (including phenoxy) is 2. The normalized spacial score (nSPS) is 20.0. The van der Waals surface area contributed by atoms with Crippen LogP contribution in [-0.2, 0) is 11.3 Å². The summed E-state index contributed by atoms with van der Waals surface area (Å²) in [4.78, 5) is 21.3. The van der Waals surface area contributed by atoms with Crippen molar-refractivity contribution in [2.75, 3.05) is 39.3 Å². The van der Waals surface area contributed by atoms with E-state index >= 15 is 0 Å². The first kappa shape index (κ1) is 19.8. The molecule has 8 nitrogen and oxygen atoms in total. The zero-order valence-corrected chi connectivity index (χ0v) is 17.3. The van der Waals surface area contributed by atoms with Gasteiger partial charge in [-0.25, -0.2) is 4.98 Å². The Morgan fingerprint density at radius 1 is 1.03 bits per heavy atom. The second kappa shape index (κ2) is 8.56. The van der Waals surface area contributed by atoms with E-state index in [-0.39, 0.29) is 12.5 Å². The molecule has 1 N–H and O–H groups in total. The summed E-state index contributed by atoms with van der Waals surface area (Å²) in [7, 11) is 0. The maximum Gasteiger partial charge on any atom is 0.267 e. The van der Waals surface area contributed by atoms with E-state index in [1.807, 2.05) is 58.0 Å². The van der Waals surface area contributed by atoms with Gasteiger partial charge in [0.25, 0.3) is 5.91 Å². The van der Waals surface area contributed by atoms with Gasteiger partial charge in [-0.15, -0.1) is 0 Å². The number of nitrogens with zero attached hydrogens (tertiary/aromatic N) is 4. The van der Waals surface area contributed by atoms with Crippen LogP contribution in [0.1, 0.15) is 0 Å². The van der Waals surface area contributed by atoms with Crippen molar-refractivity contribution in [1.82, 2.24) is 19.4 Å². The summed E-state index contributed by atoms with van der Waals surface area (Å²) in [5, 5.41) is 10.6. The second-order valence-electron chi connectivity index (χ2n) is 8.03. The van der Waals surface area contributed by atoms with Crippen molar-refractivity contribution >= 4 is 16.9 Å². The molecule has 2 aliphatic heterocycles. The van der Waals surface area contributed by atoms with E-state index < -0.39 is 12.2 Å². The first-order valence-electron chi connectivity index (χ1n) is 10.6. The van der Waals surface area contributed by atoms with Crippen molar-refractivity contribution in [1.29, 1.82) is 0 Å². The van der Waals surface area contributed by atoms with Crippen LogP contribution in [0.2, 0.25) is 0 Å². The molecule has 3 aromatic rings. The fraction of sp³-hybridized carbons (Fsp3) is 0.391. The summed E-state index contributed by atoms with van der Waals surface area (Å²) < 4.78 is 13.5. The number of aromatic nitrogens is 2. The highest BCUT2D eigenvalue weighted by Crippen LogP contribution is 2.31. The monoisotopic (exact) mass is 422 g/mol. The minimum atomic E-state index is -0.610. The number of hydrogen-bond donors (Lipinski definition) is 1. The average Bonchev–Trinajstić information content (AvgIpc) is 3.21. The highest BCUT2D eigenvalue weighted by Gasteiger charge is 2.32. The van der Waals surface area contributed by atoms with Crippen LogP contribution in [0.3, 0.4) is 0 Å². The van der Waals surface area contributed by atoms with Crippen molar-refractivity contribution in [3.05, 3.63) is 54.9 Å². The van der Waals surface area contributed by atoms with E-state index in [0.29, 0.717) is 37.7 Å². The number of benzene rings is 2. The maximum absolute atomic E-state index is 12.9. The van der Waals surface area contributed by atoms with Crippen molar-refractivity contribution in [3.8, 4) is 11.5 Å². The molecule has 1 fully saturated rings. The van der Waals surface area contributed by atoms with E-state index in [9.17, 15) is 9.90 Å². The molecule has 31 heavy (non-hydrogen) atoms. The Morgan fingerprint density at radius 3 is 2.61 bits per heavy atom. The van der Waals surface area contributed by atoms with Crippen LogP contribution in [0.4, 0.5) is 0 Å². The minimum Gasteiger partial charge on any atom is -0.485 e. The van der Waals surface area contributed by atoms with Crippen LogP contribution in [0.25, 0.3) is 11.0 Å². The maximum atomic E-state index is 12.9. The second-order valence-corrected chi connectivity index (χ2v) is 8.03. The first-order valence-corrected chi connectivity index (χ1v) is 10.6. The Balaban J connectivity index is 1.11. The van der Waals surface area contributed by atoms with Crippen LogP contribution in [-0.4, -0.2) is 81.9 Å². The number of rotatable bonds is 5. The van der Waals surface area contributed by atoms with Gasteiger partial charge in [-0.3, -0.25) is 9.69 Å². The number of β-amino-alcohol motifs (C(OH)–C–C–N with tert-alkyl or cyclic N) is 1. The Morgan fingerprint density at radius 2 is 1.77 bits per heavy atom. The smallest absolute Gasteiger partial charge is 0.267 e. The molecule has 0 saturated carbocycles. The van der Waals surface area contributed by atoms with Crippen LogP contribution in [0.5, 0.6) is 11.5 Å². The van der Waals surface area contributed by atoms with Gasteiger partial charge in [-0.1, -0.05) is 24.3 Å². The number of fused-ring (bicyclic) bond motifs is 2. The molecule has 0 aliphatic carbocycles. The summed E-state index contributed by atoms with van der Waals surface area (Å²) in [5.41, 5.74) is 1.95. The van der Waals surface area contributed by atoms with Crippen molar-refractivity contribution in [2.45, 2.75) is 18.8 Å². The number of carbonyl (C=O) groups is 1. The standard InChI is InChI=1S/C23H26N4O4/c28-17(14-27-16-24-18-5-1-2-6-19(18)27)13-25-9-11-26(12-10-25)23(29)22-15-30-20-7-3-4-8-21(20)31-22/h1-8,16-17,22,28H,9-15H2. The average molecular weight is 422 g/mol. The highest BCUT2D eigenvalue weighted by atomic mass is 16.6. The van der Waals surface area contributed by atoms with E-state index in [1.54, 1.807) is 6.33 Å². The minimum absolute atomic E-state index is 0.0420. The molecule has 1 aromatic heterocycles. The fourth-order valence-corrected chi connectivity index (χ4v) is 4.23. The van der Waals surface area contributed by atoms with Crippen LogP contribution < -0.4 is 9.47 Å². The van der Waals surface area contributed by atoms with Gasteiger partial charge in [0.05, 0.1) is 30.0 Å². The zero-order chi connectivity index (χ0) is 21.2. The number of aliphatic hydroxyl groups excluding tert-OH is 1. The summed E-state index contributed by atoms with van der Waals surface area (Å²) in [5.74, 6) is 1.25. The van der Waals surface area contributed by atoms with Crippen LogP contribution >= 0.6 is 0 Å². The molecule has 2 aliphatic rings. The first-order chi connectivity index (χ1) is 15.2. The Labute approximate surface area is 180 Å². The number of piperazine rings is 1. The molecule has 2 atom stereocenters. The summed E-state index contributed by atoms with van der Waals surface area (Å²) in [6, 6.07) is 15.3. The lowest BCUT2D eigenvalue weighted by Gasteiger charge is -2.37. The molecule has 8 heteroatoms. The molecular weight excluding hydrogens is 396 g/mol. The van der Waals surface area contributed by atoms with Crippen LogP contribution in [0, 0.1) is 0 Å². The van der Waals surface area contributed by atoms with Crippen molar-refractivity contribution < 1.29 is 19.4 Å². The van der Waals surface area contributed by atoms with Gasteiger partial charge in [0, 0.05) is 32.7 Å². The van der Waals surface area contributed by atoms with Gasteiger partial charge >= 0.3 is 0 Å². The lowest BCUT2D eigenvalue weighted by Crippen LogP contribution is -2.55. The van der Waals surface area contributed by atoms with Gasteiger partial charge in [0.15, 0.2) is 11.5 Å². The SMILES string of the molecule is O=C(C1COc2ccccc2O1)N1CCN(CC(O)Cn2cnc3ccccc32)CC1. The van der Waals surface area contributed by atoms with E-state index in [4.69, 9.17) is 9.47 Å².